The van der Waals surface area contributed by atoms with E-state index in [-0.39, 0.29) is 0 Å². The van der Waals surface area contributed by atoms with Crippen molar-refractivity contribution in [1.29, 1.82) is 0 Å². The number of pyridine rings is 2. The minimum atomic E-state index is -0.772. The van der Waals surface area contributed by atoms with Crippen LogP contribution in [-0.2, 0) is 21.7 Å². The van der Waals surface area contributed by atoms with E-state index in [0.717, 1.165) is 34.0 Å². The molecule has 0 amide bonds. The van der Waals surface area contributed by atoms with Gasteiger partial charge in [-0.05, 0) is 149 Å². The number of aromatic nitrogens is 2. The van der Waals surface area contributed by atoms with Gasteiger partial charge in [0.05, 0.1) is 33.0 Å². The van der Waals surface area contributed by atoms with Crippen molar-refractivity contribution in [1.82, 2.24) is 9.97 Å². The van der Waals surface area contributed by atoms with E-state index in [1.807, 2.05) is 24.5 Å². The van der Waals surface area contributed by atoms with Gasteiger partial charge in [-0.15, -0.1) is 0 Å². The molecule has 4 aliphatic rings. The predicted molar refractivity (Wildman–Crippen MR) is 307 cm³/mol. The first-order valence-corrected chi connectivity index (χ1v) is 26.7. The zero-order valence-corrected chi connectivity index (χ0v) is 42.0. The van der Waals surface area contributed by atoms with Gasteiger partial charge in [-0.25, -0.2) is 0 Å². The minimum Gasteiger partial charge on any atom is -0.457 e. The van der Waals surface area contributed by atoms with Gasteiger partial charge in [-0.1, -0.05) is 231 Å². The van der Waals surface area contributed by atoms with Gasteiger partial charge in [0.1, 0.15) is 11.5 Å². The molecule has 12 aromatic rings. The lowest BCUT2D eigenvalue weighted by atomic mass is 9.52. The highest BCUT2D eigenvalue weighted by atomic mass is 16.5. The molecule has 2 unspecified atom stereocenters. The highest BCUT2D eigenvalue weighted by molar-refractivity contribution is 5.91. The zero-order chi connectivity index (χ0) is 50.8. The molecule has 0 fully saturated rings. The van der Waals surface area contributed by atoms with Crippen LogP contribution in [0.25, 0.3) is 22.3 Å². The van der Waals surface area contributed by atoms with Crippen molar-refractivity contribution in [2.75, 3.05) is 0 Å². The molecule has 77 heavy (non-hydrogen) atoms. The molecule has 0 bridgehead atoms. The maximum absolute atomic E-state index is 7.57. The fraction of sp³-hybridized carbons (Fsp3) is 0.0541. The van der Waals surface area contributed by atoms with Crippen LogP contribution in [0.4, 0.5) is 0 Å². The number of rotatable bonds is 6. The van der Waals surface area contributed by atoms with Gasteiger partial charge < -0.3 is 4.74 Å². The van der Waals surface area contributed by atoms with Crippen molar-refractivity contribution in [2.24, 2.45) is 0 Å². The average Bonchev–Trinajstić information content (AvgIpc) is 4.11. The fourth-order valence-corrected chi connectivity index (χ4v) is 15.1. The Morgan fingerprint density at radius 1 is 0.221 bits per heavy atom. The second-order valence-electron chi connectivity index (χ2n) is 21.0. The first-order chi connectivity index (χ1) is 38.2. The Labute approximate surface area is 448 Å². The number of fused-ring (bicyclic) bond motifs is 18. The highest BCUT2D eigenvalue weighted by Gasteiger charge is 2.59. The third-order valence-corrected chi connectivity index (χ3v) is 17.7. The first kappa shape index (κ1) is 43.7. The summed E-state index contributed by atoms with van der Waals surface area (Å²) in [6.07, 6.45) is 3.88. The number of benzene rings is 10. The summed E-state index contributed by atoms with van der Waals surface area (Å²) in [6, 6.07) is 103. The van der Waals surface area contributed by atoms with Crippen LogP contribution in [0.15, 0.2) is 291 Å². The Morgan fingerprint density at radius 3 is 0.844 bits per heavy atom. The molecule has 10 aromatic carbocycles. The molecule has 0 aliphatic heterocycles. The van der Waals surface area contributed by atoms with E-state index in [4.69, 9.17) is 14.7 Å². The van der Waals surface area contributed by atoms with Gasteiger partial charge in [0.15, 0.2) is 0 Å². The Balaban J connectivity index is 0.990. The van der Waals surface area contributed by atoms with Crippen LogP contribution >= 0.6 is 0 Å². The molecule has 3 nitrogen and oxygen atoms in total. The first-order valence-electron chi connectivity index (χ1n) is 26.7. The topological polar surface area (TPSA) is 35.0 Å². The molecule has 0 N–H and O–H groups in total. The summed E-state index contributed by atoms with van der Waals surface area (Å²) in [5.41, 5.74) is 20.9. The van der Waals surface area contributed by atoms with Gasteiger partial charge >= 0.3 is 0 Å². The summed E-state index contributed by atoms with van der Waals surface area (Å²) in [4.78, 5) is 10.6. The largest absolute Gasteiger partial charge is 0.457 e. The van der Waals surface area contributed by atoms with E-state index < -0.39 is 21.7 Å². The van der Waals surface area contributed by atoms with Crippen molar-refractivity contribution in [3.05, 3.63) is 381 Å². The van der Waals surface area contributed by atoms with Crippen molar-refractivity contribution >= 4 is 0 Å². The van der Waals surface area contributed by atoms with Crippen molar-refractivity contribution in [2.45, 2.75) is 21.7 Å². The van der Waals surface area contributed by atoms with E-state index in [1.165, 1.54) is 89.0 Å². The predicted octanol–water partition coefficient (Wildman–Crippen LogP) is 16.4. The lowest BCUT2D eigenvalue weighted by Crippen LogP contribution is -2.45. The summed E-state index contributed by atoms with van der Waals surface area (Å²) in [6.45, 7) is 0. The molecular formula is C74H48N2O. The Kier molecular flexibility index (Phi) is 9.30. The summed E-state index contributed by atoms with van der Waals surface area (Å²) in [7, 11) is 0. The molecule has 2 atom stereocenters. The van der Waals surface area contributed by atoms with Crippen LogP contribution in [0.1, 0.15) is 89.3 Å². The molecule has 2 spiro atoms. The second kappa shape index (κ2) is 16.4. The standard InChI is InChI=1S/C74H48N2O/c1-3-23-49(24-4-1)71(69-39-19-21-45-75-69)61-35-15-17-37-63(61)73(57-31-11-7-27-53(57)54-28-8-12-32-58(54)73)67-47-51(41-43-65(67)71)77-52-42-44-66-68(48-52)74(59-33-13-9-29-55(59)56-30-10-14-34-60(56)74)64-38-18-16-36-62(64)72(66,50-25-5-2-6-26-50)70-40-20-22-46-76-70/h1-48H. The number of hydrogen-bond donors (Lipinski definition) is 0. The van der Waals surface area contributed by atoms with E-state index in [1.54, 1.807) is 0 Å². The Bertz CT molecular complexity index is 3870. The number of ether oxygens (including phenoxy) is 1. The highest BCUT2D eigenvalue weighted by Crippen LogP contribution is 2.67. The third-order valence-electron chi connectivity index (χ3n) is 17.7. The van der Waals surface area contributed by atoms with E-state index in [9.17, 15) is 0 Å². The summed E-state index contributed by atoms with van der Waals surface area (Å²) in [5.74, 6) is 1.51. The van der Waals surface area contributed by atoms with E-state index >= 15 is 0 Å². The average molecular weight is 981 g/mol. The maximum Gasteiger partial charge on any atom is 0.127 e. The molecule has 16 rings (SSSR count). The van der Waals surface area contributed by atoms with Crippen LogP contribution in [0.5, 0.6) is 11.5 Å². The monoisotopic (exact) mass is 980 g/mol. The minimum absolute atomic E-state index is 0.690. The molecule has 3 heteroatoms. The summed E-state index contributed by atoms with van der Waals surface area (Å²) in [5, 5.41) is 0. The number of nitrogens with zero attached hydrogens (tertiary/aromatic N) is 2. The van der Waals surface area contributed by atoms with Crippen molar-refractivity contribution in [3.8, 4) is 33.8 Å². The molecular weight excluding hydrogens is 933 g/mol. The summed E-state index contributed by atoms with van der Waals surface area (Å²) < 4.78 is 7.57. The maximum atomic E-state index is 7.57. The van der Waals surface area contributed by atoms with E-state index in [2.05, 4.69) is 267 Å². The lowest BCUT2D eigenvalue weighted by molar-refractivity contribution is 0.475. The second-order valence-corrected chi connectivity index (χ2v) is 21.0. The van der Waals surface area contributed by atoms with Crippen LogP contribution in [0, 0.1) is 0 Å². The molecule has 4 aliphatic carbocycles. The normalized spacial score (nSPS) is 17.9. The molecule has 2 aromatic heterocycles. The van der Waals surface area contributed by atoms with Gasteiger partial charge in [0, 0.05) is 12.4 Å². The van der Waals surface area contributed by atoms with Crippen molar-refractivity contribution in [3.63, 3.8) is 0 Å². The smallest absolute Gasteiger partial charge is 0.127 e. The molecule has 0 radical (unpaired) electrons. The summed E-state index contributed by atoms with van der Waals surface area (Å²) >= 11 is 0. The molecule has 0 saturated carbocycles. The quantitative estimate of drug-likeness (QED) is 0.167. The van der Waals surface area contributed by atoms with Crippen LogP contribution in [0.3, 0.4) is 0 Å². The van der Waals surface area contributed by atoms with E-state index in [0.29, 0.717) is 0 Å². The molecule has 360 valence electrons. The SMILES string of the molecule is c1ccc(C2(c3ccccn3)c3ccccc3C3(c4ccccc4-c4ccccc43)c3cc(Oc4ccc5c(c4)C4(c6ccccc6-c6ccccc64)c4ccccc4C5(c4ccccc4)c4ccccn4)ccc32)cc1. The Morgan fingerprint density at radius 2 is 0.506 bits per heavy atom. The third kappa shape index (κ3) is 5.55. The van der Waals surface area contributed by atoms with Crippen molar-refractivity contribution < 1.29 is 4.74 Å². The van der Waals surface area contributed by atoms with Crippen LogP contribution in [-0.4, -0.2) is 9.97 Å². The van der Waals surface area contributed by atoms with Crippen LogP contribution in [0.2, 0.25) is 0 Å². The van der Waals surface area contributed by atoms with Gasteiger partial charge in [-0.3, -0.25) is 9.97 Å². The Hall–Kier alpha value is -9.70. The van der Waals surface area contributed by atoms with Gasteiger partial charge in [0.2, 0.25) is 0 Å². The molecule has 0 saturated heterocycles. The lowest BCUT2D eigenvalue weighted by Gasteiger charge is -2.49. The number of hydrogen-bond acceptors (Lipinski definition) is 3. The fourth-order valence-electron chi connectivity index (χ4n) is 15.1. The van der Waals surface area contributed by atoms with Gasteiger partial charge in [0.25, 0.3) is 0 Å². The van der Waals surface area contributed by atoms with Gasteiger partial charge in [-0.2, -0.15) is 0 Å². The van der Waals surface area contributed by atoms with Crippen LogP contribution < -0.4 is 4.74 Å². The molecule has 2 heterocycles. The zero-order valence-electron chi connectivity index (χ0n) is 42.0.